The molecular formula is C18H29NO3Si. The summed E-state index contributed by atoms with van der Waals surface area (Å²) in [6.45, 7) is 11.5. The summed E-state index contributed by atoms with van der Waals surface area (Å²) in [6.07, 6.45) is 1.82. The number of benzene rings is 1. The Morgan fingerprint density at radius 1 is 1.22 bits per heavy atom. The van der Waals surface area contributed by atoms with Gasteiger partial charge in [-0.15, -0.1) is 0 Å². The molecule has 0 N–H and O–H groups in total. The van der Waals surface area contributed by atoms with Crippen LogP contribution in [0.3, 0.4) is 0 Å². The van der Waals surface area contributed by atoms with Gasteiger partial charge in [0.15, 0.2) is 0 Å². The number of rotatable bonds is 10. The van der Waals surface area contributed by atoms with Crippen molar-refractivity contribution in [3.05, 3.63) is 42.0 Å². The van der Waals surface area contributed by atoms with Crippen LogP contribution in [-0.2, 0) is 20.1 Å². The molecular weight excluding hydrogens is 306 g/mol. The smallest absolute Gasteiger partial charge is 0.356 e. The largest absolute Gasteiger partial charge is 0.394 e. The number of nitrogens with zero attached hydrogens (tertiary/aromatic N) is 1. The topological polar surface area (TPSA) is 38.8 Å². The first kappa shape index (κ1) is 19.6. The van der Waals surface area contributed by atoms with Gasteiger partial charge in [-0.05, 0) is 44.4 Å². The van der Waals surface area contributed by atoms with Gasteiger partial charge < -0.3 is 13.8 Å². The quantitative estimate of drug-likeness (QED) is 0.486. The fourth-order valence-electron chi connectivity index (χ4n) is 2.46. The number of hydrogen-bond acceptors (Lipinski definition) is 3. The Labute approximate surface area is 141 Å². The number of amides is 1. The van der Waals surface area contributed by atoms with E-state index in [9.17, 15) is 4.79 Å². The van der Waals surface area contributed by atoms with Gasteiger partial charge in [0.25, 0.3) is 0 Å². The summed E-state index contributed by atoms with van der Waals surface area (Å²) in [5, 5.41) is 1.21. The maximum Gasteiger partial charge on any atom is 0.356 e. The number of likely N-dealkylation sites (N-methyl/N-ethyl adjacent to an activating group) is 1. The van der Waals surface area contributed by atoms with E-state index in [1.807, 2.05) is 33.0 Å². The molecule has 0 saturated heterocycles. The SMILES string of the molecule is C=C(C)C(=O)N(C)CCCc1ccccc1[SiH](OCC)OCC. The average Bonchev–Trinajstić information content (AvgIpc) is 2.54. The highest BCUT2D eigenvalue weighted by molar-refractivity contribution is 6.61. The molecule has 0 heterocycles. The second-order valence-corrected chi connectivity index (χ2v) is 7.50. The molecule has 0 aliphatic heterocycles. The Kier molecular flexibility index (Phi) is 8.84. The molecule has 1 rings (SSSR count). The maximum atomic E-state index is 11.8. The lowest BCUT2D eigenvalue weighted by Crippen LogP contribution is -2.39. The molecule has 0 radical (unpaired) electrons. The molecule has 1 aromatic rings. The summed E-state index contributed by atoms with van der Waals surface area (Å²) in [5.74, 6) is 0.00849. The van der Waals surface area contributed by atoms with Crippen LogP contribution in [0.15, 0.2) is 36.4 Å². The molecule has 0 aliphatic rings. The van der Waals surface area contributed by atoms with Crippen LogP contribution in [0.5, 0.6) is 0 Å². The third kappa shape index (κ3) is 6.29. The summed E-state index contributed by atoms with van der Waals surface area (Å²) < 4.78 is 11.7. The first-order valence-corrected chi connectivity index (χ1v) is 9.75. The zero-order valence-electron chi connectivity index (χ0n) is 14.8. The summed E-state index contributed by atoms with van der Waals surface area (Å²) in [4.78, 5) is 13.6. The highest BCUT2D eigenvalue weighted by atomic mass is 28.3. The van der Waals surface area contributed by atoms with Crippen LogP contribution in [0.1, 0.15) is 32.8 Å². The zero-order chi connectivity index (χ0) is 17.2. The monoisotopic (exact) mass is 335 g/mol. The molecule has 0 unspecified atom stereocenters. The van der Waals surface area contributed by atoms with Crippen LogP contribution in [0.4, 0.5) is 0 Å². The van der Waals surface area contributed by atoms with Gasteiger partial charge in [-0.1, -0.05) is 30.8 Å². The van der Waals surface area contributed by atoms with Gasteiger partial charge in [-0.25, -0.2) is 0 Å². The summed E-state index contributed by atoms with van der Waals surface area (Å²) in [6, 6.07) is 8.33. The maximum absolute atomic E-state index is 11.8. The fraction of sp³-hybridized carbons (Fsp3) is 0.500. The van der Waals surface area contributed by atoms with Crippen molar-refractivity contribution in [3.63, 3.8) is 0 Å². The van der Waals surface area contributed by atoms with E-state index in [2.05, 4.69) is 18.7 Å². The van der Waals surface area contributed by atoms with E-state index in [4.69, 9.17) is 8.85 Å². The lowest BCUT2D eigenvalue weighted by molar-refractivity contribution is -0.125. The van der Waals surface area contributed by atoms with Crippen LogP contribution in [0.25, 0.3) is 0 Å². The van der Waals surface area contributed by atoms with Crippen LogP contribution in [0, 0.1) is 0 Å². The molecule has 0 aromatic heterocycles. The van der Waals surface area contributed by atoms with Crippen molar-refractivity contribution in [2.75, 3.05) is 26.8 Å². The van der Waals surface area contributed by atoms with Crippen molar-refractivity contribution in [3.8, 4) is 0 Å². The molecule has 4 nitrogen and oxygen atoms in total. The van der Waals surface area contributed by atoms with Gasteiger partial charge in [0.1, 0.15) is 0 Å². The molecule has 128 valence electrons. The van der Waals surface area contributed by atoms with Crippen LogP contribution >= 0.6 is 0 Å². The minimum atomic E-state index is -1.83. The zero-order valence-corrected chi connectivity index (χ0v) is 16.0. The van der Waals surface area contributed by atoms with Gasteiger partial charge in [0, 0.05) is 32.4 Å². The number of carbonyl (C=O) groups excluding carboxylic acids is 1. The summed E-state index contributed by atoms with van der Waals surface area (Å²) in [7, 11) is -0.00902. The normalized spacial score (nSPS) is 10.8. The van der Waals surface area contributed by atoms with E-state index in [0.29, 0.717) is 18.8 Å². The van der Waals surface area contributed by atoms with E-state index in [1.165, 1.54) is 10.8 Å². The lowest BCUT2D eigenvalue weighted by atomic mass is 10.1. The average molecular weight is 336 g/mol. The number of aryl methyl sites for hydroxylation is 1. The molecule has 1 aromatic carbocycles. The van der Waals surface area contributed by atoms with Crippen molar-refractivity contribution in [2.24, 2.45) is 0 Å². The van der Waals surface area contributed by atoms with Crippen molar-refractivity contribution < 1.29 is 13.6 Å². The third-order valence-electron chi connectivity index (χ3n) is 3.60. The molecule has 0 aliphatic carbocycles. The van der Waals surface area contributed by atoms with Crippen molar-refractivity contribution in [1.82, 2.24) is 4.90 Å². The first-order valence-electron chi connectivity index (χ1n) is 8.23. The third-order valence-corrected chi connectivity index (χ3v) is 5.94. The van der Waals surface area contributed by atoms with Gasteiger partial charge in [-0.2, -0.15) is 0 Å². The van der Waals surface area contributed by atoms with E-state index >= 15 is 0 Å². The number of hydrogen-bond donors (Lipinski definition) is 0. The Balaban J connectivity index is 2.70. The van der Waals surface area contributed by atoms with Gasteiger partial charge in [0.05, 0.1) is 0 Å². The fourth-order valence-corrected chi connectivity index (χ4v) is 4.33. The standard InChI is InChI=1S/C18H29NO3Si/c1-6-21-23(22-7-2)17-13-9-8-11-16(17)12-10-14-19(5)18(20)15(3)4/h8-9,11,13,23H,3,6-7,10,12,14H2,1-2,4-5H3. The minimum absolute atomic E-state index is 0.00849. The molecule has 0 spiro atoms. The molecule has 0 bridgehead atoms. The second kappa shape index (κ2) is 10.4. The molecule has 5 heteroatoms. The Hall–Kier alpha value is -1.43. The van der Waals surface area contributed by atoms with Crippen LogP contribution in [-0.4, -0.2) is 46.9 Å². The molecule has 0 fully saturated rings. The van der Waals surface area contributed by atoms with Crippen LogP contribution < -0.4 is 5.19 Å². The van der Waals surface area contributed by atoms with Crippen molar-refractivity contribution in [2.45, 2.75) is 33.6 Å². The van der Waals surface area contributed by atoms with Gasteiger partial charge in [-0.3, -0.25) is 4.79 Å². The predicted molar refractivity (Wildman–Crippen MR) is 97.2 cm³/mol. The van der Waals surface area contributed by atoms with Crippen LogP contribution in [0.2, 0.25) is 0 Å². The Morgan fingerprint density at radius 2 is 1.83 bits per heavy atom. The number of carbonyl (C=O) groups is 1. The van der Waals surface area contributed by atoms with Crippen molar-refractivity contribution >= 4 is 20.4 Å². The van der Waals surface area contributed by atoms with Gasteiger partial charge in [0.2, 0.25) is 5.91 Å². The second-order valence-electron chi connectivity index (χ2n) is 5.55. The van der Waals surface area contributed by atoms with E-state index in [0.717, 1.165) is 19.4 Å². The molecule has 0 atom stereocenters. The van der Waals surface area contributed by atoms with Gasteiger partial charge >= 0.3 is 9.28 Å². The summed E-state index contributed by atoms with van der Waals surface area (Å²) in [5.41, 5.74) is 1.84. The summed E-state index contributed by atoms with van der Waals surface area (Å²) >= 11 is 0. The molecule has 23 heavy (non-hydrogen) atoms. The van der Waals surface area contributed by atoms with E-state index in [1.54, 1.807) is 11.8 Å². The first-order chi connectivity index (χ1) is 11.0. The minimum Gasteiger partial charge on any atom is -0.394 e. The highest BCUT2D eigenvalue weighted by Gasteiger charge is 2.19. The van der Waals surface area contributed by atoms with E-state index < -0.39 is 9.28 Å². The predicted octanol–water partition coefficient (Wildman–Crippen LogP) is 2.15. The molecule has 0 saturated carbocycles. The highest BCUT2D eigenvalue weighted by Crippen LogP contribution is 2.06. The molecule has 1 amide bonds. The van der Waals surface area contributed by atoms with Crippen molar-refractivity contribution in [1.29, 1.82) is 0 Å². The Morgan fingerprint density at radius 3 is 2.39 bits per heavy atom. The van der Waals surface area contributed by atoms with E-state index in [-0.39, 0.29) is 5.91 Å². The Bertz CT molecular complexity index is 513. The lowest BCUT2D eigenvalue weighted by Gasteiger charge is -2.20.